The number of carbonyl (C=O) groups excluding carboxylic acids is 1. The zero-order valence-electron chi connectivity index (χ0n) is 10.2. The fraction of sp³-hybridized carbons (Fsp3) is 0.417. The van der Waals surface area contributed by atoms with Crippen LogP contribution in [0.25, 0.3) is 0 Å². The van der Waals surface area contributed by atoms with Crippen molar-refractivity contribution >= 4 is 28.0 Å². The highest BCUT2D eigenvalue weighted by molar-refractivity contribution is 7.84. The largest absolute Gasteiger partial charge is 0.384 e. The minimum absolute atomic E-state index is 0.0671. The normalized spacial score (nSPS) is 13.3. The molecule has 1 heterocycles. The number of aliphatic hydroxyl groups excluding tert-OH is 1. The highest BCUT2D eigenvalue weighted by Crippen LogP contribution is 2.15. The van der Waals surface area contributed by atoms with E-state index in [1.807, 2.05) is 6.92 Å². The van der Waals surface area contributed by atoms with Crippen LogP contribution in [0.4, 0.5) is 0 Å². The maximum atomic E-state index is 11.8. The summed E-state index contributed by atoms with van der Waals surface area (Å²) in [4.78, 5) is 13.1. The number of hydrogen-bond acceptors (Lipinski definition) is 4. The van der Waals surface area contributed by atoms with Gasteiger partial charge in [-0.1, -0.05) is 11.8 Å². The Hall–Kier alpha value is -1.16. The molecule has 6 heteroatoms. The summed E-state index contributed by atoms with van der Waals surface area (Å²) in [5, 5.41) is 11.2. The maximum absolute atomic E-state index is 11.8. The third-order valence-electron chi connectivity index (χ3n) is 2.24. The molecule has 0 saturated carbocycles. The third kappa shape index (κ3) is 4.61. The first kappa shape index (κ1) is 14.9. The number of carbonyl (C=O) groups is 1. The molecule has 18 heavy (non-hydrogen) atoms. The molecule has 0 spiro atoms. The van der Waals surface area contributed by atoms with Crippen LogP contribution in [0.3, 0.4) is 0 Å². The van der Waals surface area contributed by atoms with Crippen LogP contribution in [0, 0.1) is 11.8 Å². The third-order valence-corrected chi connectivity index (χ3v) is 4.54. The topological polar surface area (TPSA) is 66.4 Å². The lowest BCUT2D eigenvalue weighted by Crippen LogP contribution is -2.32. The van der Waals surface area contributed by atoms with E-state index in [1.165, 1.54) is 11.3 Å². The Morgan fingerprint density at radius 1 is 1.61 bits per heavy atom. The molecule has 0 bridgehead atoms. The van der Waals surface area contributed by atoms with Crippen molar-refractivity contribution in [3.8, 4) is 11.8 Å². The van der Waals surface area contributed by atoms with E-state index in [2.05, 4.69) is 17.2 Å². The van der Waals surface area contributed by atoms with Crippen LogP contribution in [0.2, 0.25) is 0 Å². The van der Waals surface area contributed by atoms with Gasteiger partial charge in [-0.05, 0) is 19.1 Å². The molecule has 98 valence electrons. The van der Waals surface area contributed by atoms with Crippen molar-refractivity contribution in [2.24, 2.45) is 0 Å². The second kappa shape index (κ2) is 7.31. The first-order valence-electron chi connectivity index (χ1n) is 5.34. The molecule has 0 aromatic carbocycles. The summed E-state index contributed by atoms with van der Waals surface area (Å²) in [6, 6.07) is 3.43. The van der Waals surface area contributed by atoms with Crippen molar-refractivity contribution in [3.63, 3.8) is 0 Å². The van der Waals surface area contributed by atoms with Gasteiger partial charge in [-0.25, -0.2) is 0 Å². The Kier molecular flexibility index (Phi) is 6.05. The molecular formula is C12H15NO3S2. The molecule has 0 radical (unpaired) electrons. The Bertz CT molecular complexity index is 499. The predicted octanol–water partition coefficient (Wildman–Crippen LogP) is 0.589. The molecule has 0 aliphatic heterocycles. The minimum Gasteiger partial charge on any atom is -0.384 e. The Balaban J connectivity index is 2.57. The molecule has 1 aromatic rings. The molecule has 1 aromatic heterocycles. The molecule has 1 amide bonds. The lowest BCUT2D eigenvalue weighted by molar-refractivity contribution is 0.0958. The second-order valence-electron chi connectivity index (χ2n) is 3.64. The summed E-state index contributed by atoms with van der Waals surface area (Å²) in [6.07, 6.45) is 1.62. The van der Waals surface area contributed by atoms with E-state index in [4.69, 9.17) is 5.11 Å². The number of hydrogen-bond donors (Lipinski definition) is 2. The van der Waals surface area contributed by atoms with Gasteiger partial charge < -0.3 is 10.4 Å². The van der Waals surface area contributed by atoms with Crippen LogP contribution < -0.4 is 5.32 Å². The average molecular weight is 285 g/mol. The average Bonchev–Trinajstić information content (AvgIpc) is 2.81. The quantitative estimate of drug-likeness (QED) is 0.796. The van der Waals surface area contributed by atoms with E-state index in [-0.39, 0.29) is 17.8 Å². The monoisotopic (exact) mass is 285 g/mol. The number of amides is 1. The molecular weight excluding hydrogens is 270 g/mol. The first-order valence-corrected chi connectivity index (χ1v) is 7.78. The smallest absolute Gasteiger partial charge is 0.261 e. The van der Waals surface area contributed by atoms with Crippen molar-refractivity contribution in [3.05, 3.63) is 21.9 Å². The van der Waals surface area contributed by atoms with Gasteiger partial charge >= 0.3 is 0 Å². The van der Waals surface area contributed by atoms with Crippen molar-refractivity contribution in [2.45, 2.75) is 12.2 Å². The lowest BCUT2D eigenvalue weighted by Gasteiger charge is -2.08. The number of thiophene rings is 1. The van der Waals surface area contributed by atoms with E-state index < -0.39 is 10.8 Å². The molecule has 4 nitrogen and oxygen atoms in total. The van der Waals surface area contributed by atoms with Crippen molar-refractivity contribution in [1.29, 1.82) is 0 Å². The van der Waals surface area contributed by atoms with Crippen LogP contribution in [0.15, 0.2) is 12.1 Å². The lowest BCUT2D eigenvalue weighted by atomic mass is 10.4. The van der Waals surface area contributed by atoms with E-state index in [0.717, 1.165) is 4.88 Å². The summed E-state index contributed by atoms with van der Waals surface area (Å²) in [5.74, 6) is 5.08. The van der Waals surface area contributed by atoms with Gasteiger partial charge in [0, 0.05) is 28.9 Å². The predicted molar refractivity (Wildman–Crippen MR) is 74.1 cm³/mol. The zero-order valence-corrected chi connectivity index (χ0v) is 11.9. The summed E-state index contributed by atoms with van der Waals surface area (Å²) in [7, 11) is -0.944. The van der Waals surface area contributed by atoms with Crippen molar-refractivity contribution in [1.82, 2.24) is 5.32 Å². The van der Waals surface area contributed by atoms with Crippen LogP contribution in [0.1, 0.15) is 21.5 Å². The molecule has 2 atom stereocenters. The summed E-state index contributed by atoms with van der Waals surface area (Å²) >= 11 is 1.27. The van der Waals surface area contributed by atoms with Gasteiger partial charge in [0.25, 0.3) is 5.91 Å². The first-order chi connectivity index (χ1) is 8.54. The molecule has 2 N–H and O–H groups in total. The SMILES string of the molecule is CC(CNC(=O)c1ccc(C#CCO)s1)S(C)=O. The number of rotatable bonds is 4. The summed E-state index contributed by atoms with van der Waals surface area (Å²) in [5.41, 5.74) is 0. The van der Waals surface area contributed by atoms with Gasteiger partial charge in [-0.15, -0.1) is 11.3 Å². The van der Waals surface area contributed by atoms with Crippen molar-refractivity contribution < 1.29 is 14.1 Å². The Morgan fingerprint density at radius 2 is 2.33 bits per heavy atom. The van der Waals surface area contributed by atoms with Gasteiger partial charge in [0.05, 0.1) is 9.75 Å². The van der Waals surface area contributed by atoms with E-state index in [9.17, 15) is 9.00 Å². The fourth-order valence-electron chi connectivity index (χ4n) is 1.09. The minimum atomic E-state index is -0.944. The zero-order chi connectivity index (χ0) is 13.5. The van der Waals surface area contributed by atoms with Gasteiger partial charge in [0.1, 0.15) is 6.61 Å². The number of nitrogens with one attached hydrogen (secondary N) is 1. The fourth-order valence-corrected chi connectivity index (χ4v) is 2.21. The Morgan fingerprint density at radius 3 is 2.94 bits per heavy atom. The van der Waals surface area contributed by atoms with E-state index in [1.54, 1.807) is 18.4 Å². The van der Waals surface area contributed by atoms with Crippen LogP contribution >= 0.6 is 11.3 Å². The summed E-state index contributed by atoms with van der Waals surface area (Å²) in [6.45, 7) is 2.01. The molecule has 1 rings (SSSR count). The van der Waals surface area contributed by atoms with Gasteiger partial charge in [0.2, 0.25) is 0 Å². The van der Waals surface area contributed by atoms with Crippen molar-refractivity contribution in [2.75, 3.05) is 19.4 Å². The standard InChI is InChI=1S/C12H15NO3S2/c1-9(18(2)16)8-13-12(15)11-6-5-10(17-11)4-3-7-14/h5-6,9,14H,7-8H2,1-2H3,(H,13,15). The maximum Gasteiger partial charge on any atom is 0.261 e. The molecule has 2 unspecified atom stereocenters. The van der Waals surface area contributed by atoms with E-state index in [0.29, 0.717) is 11.4 Å². The summed E-state index contributed by atoms with van der Waals surface area (Å²) < 4.78 is 11.1. The Labute approximate surface area is 113 Å². The van der Waals surface area contributed by atoms with Gasteiger partial charge in [-0.2, -0.15) is 0 Å². The van der Waals surface area contributed by atoms with Crippen LogP contribution in [-0.4, -0.2) is 39.9 Å². The van der Waals surface area contributed by atoms with Crippen LogP contribution in [0.5, 0.6) is 0 Å². The highest BCUT2D eigenvalue weighted by Gasteiger charge is 2.11. The van der Waals surface area contributed by atoms with Gasteiger partial charge in [-0.3, -0.25) is 9.00 Å². The molecule has 0 fully saturated rings. The van der Waals surface area contributed by atoms with E-state index >= 15 is 0 Å². The highest BCUT2D eigenvalue weighted by atomic mass is 32.2. The molecule has 0 saturated heterocycles. The van der Waals surface area contributed by atoms with Gasteiger partial charge in [0.15, 0.2) is 0 Å². The molecule has 0 aliphatic carbocycles. The second-order valence-corrected chi connectivity index (χ2v) is 6.53. The number of aliphatic hydroxyl groups is 1. The van der Waals surface area contributed by atoms with Crippen LogP contribution in [-0.2, 0) is 10.8 Å². The molecule has 0 aliphatic rings.